The topological polar surface area (TPSA) is 99.5 Å². The zero-order valence-corrected chi connectivity index (χ0v) is 17.8. The normalized spacial score (nSPS) is 11.5. The molecule has 2 heterocycles. The van der Waals surface area contributed by atoms with Crippen LogP contribution in [0.25, 0.3) is 16.5 Å². The van der Waals surface area contributed by atoms with E-state index >= 15 is 0 Å². The van der Waals surface area contributed by atoms with Crippen molar-refractivity contribution in [2.75, 3.05) is 25.1 Å². The van der Waals surface area contributed by atoms with Gasteiger partial charge in [-0.1, -0.05) is 0 Å². The summed E-state index contributed by atoms with van der Waals surface area (Å²) in [6.45, 7) is 3.43. The maximum atomic E-state index is 13.2. The molecule has 12 heteroatoms. The minimum Gasteiger partial charge on any atom is -0.461 e. The van der Waals surface area contributed by atoms with Crippen molar-refractivity contribution < 1.29 is 32.2 Å². The Balaban J connectivity index is 2.17. The molecule has 0 saturated carbocycles. The van der Waals surface area contributed by atoms with Crippen LogP contribution in [0.15, 0.2) is 34.4 Å². The molecule has 0 aliphatic carbocycles. The van der Waals surface area contributed by atoms with Crippen LogP contribution in [0.1, 0.15) is 29.9 Å². The fraction of sp³-hybridized carbons (Fsp3) is 0.300. The van der Waals surface area contributed by atoms with Crippen LogP contribution in [0.5, 0.6) is 0 Å². The number of thiophene rings is 1. The van der Waals surface area contributed by atoms with Crippen LogP contribution in [0.2, 0.25) is 0 Å². The molecule has 32 heavy (non-hydrogen) atoms. The number of halogens is 3. The summed E-state index contributed by atoms with van der Waals surface area (Å²) in [7, 11) is 0. The molecule has 1 amide bonds. The SMILES string of the molecule is CCOCC(=O)Nc1scc2c(C(=O)OCC)nn(-c3ccc(C(F)(F)F)cc3)c(=O)c12. The highest BCUT2D eigenvalue weighted by molar-refractivity contribution is 7.16. The van der Waals surface area contributed by atoms with Gasteiger partial charge in [-0.25, -0.2) is 4.79 Å². The minimum absolute atomic E-state index is 0.00763. The predicted molar refractivity (Wildman–Crippen MR) is 111 cm³/mol. The Morgan fingerprint density at radius 3 is 2.44 bits per heavy atom. The fourth-order valence-electron chi connectivity index (χ4n) is 2.82. The minimum atomic E-state index is -4.55. The second-order valence-electron chi connectivity index (χ2n) is 6.37. The number of alkyl halides is 3. The van der Waals surface area contributed by atoms with E-state index in [-0.39, 0.29) is 40.4 Å². The van der Waals surface area contributed by atoms with Gasteiger partial charge in [0, 0.05) is 17.4 Å². The number of carbonyl (C=O) groups excluding carboxylic acids is 2. The number of rotatable bonds is 7. The Labute approximate surface area is 183 Å². The van der Waals surface area contributed by atoms with Gasteiger partial charge in [-0.05, 0) is 38.1 Å². The summed E-state index contributed by atoms with van der Waals surface area (Å²) in [6.07, 6.45) is -4.55. The van der Waals surface area contributed by atoms with Gasteiger partial charge in [0.1, 0.15) is 11.6 Å². The molecule has 0 aliphatic rings. The third-order valence-electron chi connectivity index (χ3n) is 4.25. The number of esters is 1. The lowest BCUT2D eigenvalue weighted by Crippen LogP contribution is -2.26. The van der Waals surface area contributed by atoms with Gasteiger partial charge < -0.3 is 14.8 Å². The first-order chi connectivity index (χ1) is 15.2. The Morgan fingerprint density at radius 2 is 1.84 bits per heavy atom. The first-order valence-electron chi connectivity index (χ1n) is 9.44. The van der Waals surface area contributed by atoms with Gasteiger partial charge >= 0.3 is 12.1 Å². The van der Waals surface area contributed by atoms with Crippen molar-refractivity contribution in [3.63, 3.8) is 0 Å². The molecular formula is C20H18F3N3O5S. The van der Waals surface area contributed by atoms with E-state index in [0.717, 1.165) is 40.3 Å². The number of hydrogen-bond donors (Lipinski definition) is 1. The summed E-state index contributed by atoms with van der Waals surface area (Å²) in [5.74, 6) is -1.33. The molecule has 0 saturated heterocycles. The number of aromatic nitrogens is 2. The average molecular weight is 469 g/mol. The van der Waals surface area contributed by atoms with E-state index in [1.54, 1.807) is 13.8 Å². The summed E-state index contributed by atoms with van der Waals surface area (Å²) in [4.78, 5) is 37.7. The zero-order chi connectivity index (χ0) is 23.5. The maximum absolute atomic E-state index is 13.2. The van der Waals surface area contributed by atoms with Gasteiger partial charge in [0.15, 0.2) is 5.69 Å². The van der Waals surface area contributed by atoms with E-state index in [9.17, 15) is 27.6 Å². The lowest BCUT2D eigenvalue weighted by atomic mass is 10.2. The van der Waals surface area contributed by atoms with Crippen LogP contribution in [0.3, 0.4) is 0 Å². The summed E-state index contributed by atoms with van der Waals surface area (Å²) in [6, 6.07) is 3.74. The van der Waals surface area contributed by atoms with Crippen LogP contribution < -0.4 is 10.9 Å². The fourth-order valence-corrected chi connectivity index (χ4v) is 3.77. The molecule has 0 spiro atoms. The van der Waals surface area contributed by atoms with Crippen molar-refractivity contribution in [1.82, 2.24) is 9.78 Å². The summed E-state index contributed by atoms with van der Waals surface area (Å²) < 4.78 is 49.5. The smallest absolute Gasteiger partial charge is 0.416 e. The Morgan fingerprint density at radius 1 is 1.16 bits per heavy atom. The number of anilines is 1. The van der Waals surface area contributed by atoms with E-state index in [1.165, 1.54) is 5.38 Å². The van der Waals surface area contributed by atoms with E-state index in [1.807, 2.05) is 0 Å². The number of fused-ring (bicyclic) bond motifs is 1. The quantitative estimate of drug-likeness (QED) is 0.531. The monoisotopic (exact) mass is 469 g/mol. The molecule has 0 radical (unpaired) electrons. The predicted octanol–water partition coefficient (Wildman–Crippen LogP) is 3.62. The lowest BCUT2D eigenvalue weighted by Gasteiger charge is -2.11. The molecule has 3 rings (SSSR count). The highest BCUT2D eigenvalue weighted by Crippen LogP contribution is 2.32. The second kappa shape index (κ2) is 9.49. The lowest BCUT2D eigenvalue weighted by molar-refractivity contribution is -0.137. The van der Waals surface area contributed by atoms with Crippen molar-refractivity contribution in [3.05, 3.63) is 51.3 Å². The average Bonchev–Trinajstić information content (AvgIpc) is 3.16. The number of nitrogens with one attached hydrogen (secondary N) is 1. The molecule has 0 bridgehead atoms. The van der Waals surface area contributed by atoms with E-state index in [4.69, 9.17) is 9.47 Å². The molecule has 1 aromatic carbocycles. The molecule has 0 atom stereocenters. The Kier molecular flexibility index (Phi) is 6.94. The first kappa shape index (κ1) is 23.4. The first-order valence-corrected chi connectivity index (χ1v) is 10.3. The number of nitrogens with zero attached hydrogens (tertiary/aromatic N) is 2. The van der Waals surface area contributed by atoms with Crippen LogP contribution >= 0.6 is 11.3 Å². The molecule has 0 fully saturated rings. The van der Waals surface area contributed by atoms with Gasteiger partial charge in [-0.15, -0.1) is 11.3 Å². The van der Waals surface area contributed by atoms with Crippen molar-refractivity contribution in [3.8, 4) is 5.69 Å². The summed E-state index contributed by atoms with van der Waals surface area (Å²) in [5.41, 5.74) is -1.82. The van der Waals surface area contributed by atoms with Crippen LogP contribution in [0.4, 0.5) is 18.2 Å². The molecule has 3 aromatic rings. The molecule has 2 aromatic heterocycles. The largest absolute Gasteiger partial charge is 0.461 e. The number of hydrogen-bond acceptors (Lipinski definition) is 7. The van der Waals surface area contributed by atoms with Crippen molar-refractivity contribution >= 4 is 39.0 Å². The zero-order valence-electron chi connectivity index (χ0n) is 17.0. The van der Waals surface area contributed by atoms with Gasteiger partial charge in [0.2, 0.25) is 0 Å². The standard InChI is InChI=1S/C20H18F3N3O5S/c1-3-30-9-14(27)24-17-15-13(10-32-17)16(19(29)31-4-2)25-26(18(15)28)12-7-5-11(6-8-12)20(21,22)23/h5-8,10H,3-4,9H2,1-2H3,(H,24,27). The molecular weight excluding hydrogens is 451 g/mol. The van der Waals surface area contributed by atoms with E-state index in [2.05, 4.69) is 10.4 Å². The summed E-state index contributed by atoms with van der Waals surface area (Å²) in [5, 5.41) is 8.38. The number of amides is 1. The molecule has 170 valence electrons. The van der Waals surface area contributed by atoms with Gasteiger partial charge in [0.05, 0.1) is 23.2 Å². The highest BCUT2D eigenvalue weighted by Gasteiger charge is 2.30. The number of benzene rings is 1. The Bertz CT molecular complexity index is 1200. The van der Waals surface area contributed by atoms with E-state index < -0.39 is 29.2 Å². The molecule has 0 aliphatic heterocycles. The van der Waals surface area contributed by atoms with Crippen molar-refractivity contribution in [1.29, 1.82) is 0 Å². The van der Waals surface area contributed by atoms with E-state index in [0.29, 0.717) is 6.61 Å². The highest BCUT2D eigenvalue weighted by atomic mass is 32.1. The third kappa shape index (κ3) is 4.81. The van der Waals surface area contributed by atoms with Gasteiger partial charge in [-0.2, -0.15) is 23.0 Å². The van der Waals surface area contributed by atoms with Crippen LogP contribution in [-0.2, 0) is 20.4 Å². The third-order valence-corrected chi connectivity index (χ3v) is 5.15. The molecule has 8 nitrogen and oxygen atoms in total. The van der Waals surface area contributed by atoms with Crippen LogP contribution in [0, 0.1) is 0 Å². The van der Waals surface area contributed by atoms with Crippen molar-refractivity contribution in [2.45, 2.75) is 20.0 Å². The van der Waals surface area contributed by atoms with Crippen molar-refractivity contribution in [2.24, 2.45) is 0 Å². The number of carbonyl (C=O) groups is 2. The number of ether oxygens (including phenoxy) is 2. The Hall–Kier alpha value is -3.25. The second-order valence-corrected chi connectivity index (χ2v) is 7.25. The van der Waals surface area contributed by atoms with Gasteiger partial charge in [-0.3, -0.25) is 9.59 Å². The molecule has 1 N–H and O–H groups in total. The maximum Gasteiger partial charge on any atom is 0.416 e. The van der Waals surface area contributed by atoms with Crippen LogP contribution in [-0.4, -0.2) is 41.5 Å². The van der Waals surface area contributed by atoms with Gasteiger partial charge in [0.25, 0.3) is 11.5 Å². The molecule has 0 unspecified atom stereocenters. The summed E-state index contributed by atoms with van der Waals surface area (Å²) >= 11 is 1.00.